The molecule has 1 aliphatic heterocycles. The zero-order chi connectivity index (χ0) is 30.9. The molecule has 45 heavy (non-hydrogen) atoms. The van der Waals surface area contributed by atoms with Crippen molar-refractivity contribution in [2.24, 2.45) is 0 Å². The van der Waals surface area contributed by atoms with Crippen LogP contribution in [0.4, 0.5) is 0 Å². The quantitative estimate of drug-likeness (QED) is 0.204. The standard InChI is InChI=1S/C41H31N3S/c1-40(2)30-15-9-8-14-28(30)29-20-18-26(22-33(29)40)34-23-35(44-39(43-34)25-12-6-5-7-13-25)37-27(24-42)19-21-32-38(37)45-36-17-11-10-16-31(36)41(32,3)4/h5-23H,1-4H3. The van der Waals surface area contributed by atoms with E-state index < -0.39 is 0 Å². The summed E-state index contributed by atoms with van der Waals surface area (Å²) in [4.78, 5) is 12.6. The van der Waals surface area contributed by atoms with Gasteiger partial charge >= 0.3 is 0 Å². The maximum absolute atomic E-state index is 10.4. The molecule has 0 fully saturated rings. The van der Waals surface area contributed by atoms with E-state index in [2.05, 4.69) is 113 Å². The average Bonchev–Trinajstić information content (AvgIpc) is 3.30. The van der Waals surface area contributed by atoms with E-state index in [0.29, 0.717) is 11.4 Å². The Morgan fingerprint density at radius 1 is 0.578 bits per heavy atom. The smallest absolute Gasteiger partial charge is 0.160 e. The lowest BCUT2D eigenvalue weighted by molar-refractivity contribution is 0.608. The van der Waals surface area contributed by atoms with Crippen LogP contribution in [0.3, 0.4) is 0 Å². The van der Waals surface area contributed by atoms with Crippen molar-refractivity contribution in [3.8, 4) is 51.1 Å². The maximum Gasteiger partial charge on any atom is 0.160 e. The van der Waals surface area contributed by atoms with Crippen LogP contribution in [0.2, 0.25) is 0 Å². The van der Waals surface area contributed by atoms with Gasteiger partial charge in [0, 0.05) is 37.3 Å². The molecule has 0 bridgehead atoms. The van der Waals surface area contributed by atoms with Gasteiger partial charge in [0.2, 0.25) is 0 Å². The van der Waals surface area contributed by atoms with Crippen molar-refractivity contribution in [2.75, 3.05) is 0 Å². The first-order valence-electron chi connectivity index (χ1n) is 15.3. The van der Waals surface area contributed by atoms with Gasteiger partial charge in [-0.05, 0) is 57.6 Å². The fourth-order valence-electron chi connectivity index (χ4n) is 7.16. The Hall–Kier alpha value is -4.98. The Labute approximate surface area is 268 Å². The number of hydrogen-bond donors (Lipinski definition) is 0. The zero-order valence-electron chi connectivity index (χ0n) is 25.7. The van der Waals surface area contributed by atoms with Gasteiger partial charge in [-0.1, -0.05) is 130 Å². The van der Waals surface area contributed by atoms with E-state index >= 15 is 0 Å². The summed E-state index contributed by atoms with van der Waals surface area (Å²) in [7, 11) is 0. The second-order valence-electron chi connectivity index (χ2n) is 13.0. The molecule has 3 nitrogen and oxygen atoms in total. The van der Waals surface area contributed by atoms with Gasteiger partial charge < -0.3 is 0 Å². The number of nitriles is 1. The fourth-order valence-corrected chi connectivity index (χ4v) is 8.71. The van der Waals surface area contributed by atoms with E-state index in [4.69, 9.17) is 9.97 Å². The SMILES string of the molecule is CC1(C)c2ccccc2-c2ccc(-c3cc(-c4c(C#N)ccc5c4Sc4ccccc4C5(C)C)nc(-c4ccccc4)n3)cc21. The minimum absolute atomic E-state index is 0.123. The summed E-state index contributed by atoms with van der Waals surface area (Å²) in [5, 5.41) is 10.4. The van der Waals surface area contributed by atoms with Crippen LogP contribution in [0.5, 0.6) is 0 Å². The summed E-state index contributed by atoms with van der Waals surface area (Å²) in [6.07, 6.45) is 0. The Morgan fingerprint density at radius 2 is 1.24 bits per heavy atom. The molecule has 0 unspecified atom stereocenters. The predicted octanol–water partition coefficient (Wildman–Crippen LogP) is 10.4. The molecule has 8 rings (SSSR count). The van der Waals surface area contributed by atoms with Crippen LogP contribution in [-0.2, 0) is 10.8 Å². The number of fused-ring (bicyclic) bond motifs is 5. The lowest BCUT2D eigenvalue weighted by Gasteiger charge is -2.35. The van der Waals surface area contributed by atoms with Crippen LogP contribution >= 0.6 is 11.8 Å². The Morgan fingerprint density at radius 3 is 2.04 bits per heavy atom. The third kappa shape index (κ3) is 4.19. The third-order valence-corrected chi connectivity index (χ3v) is 10.8. The monoisotopic (exact) mass is 597 g/mol. The molecular formula is C41H31N3S. The van der Waals surface area contributed by atoms with Gasteiger partial charge in [0.25, 0.3) is 0 Å². The summed E-state index contributed by atoms with van der Waals surface area (Å²) >= 11 is 1.74. The zero-order valence-corrected chi connectivity index (χ0v) is 26.5. The van der Waals surface area contributed by atoms with Gasteiger partial charge in [-0.15, -0.1) is 0 Å². The molecule has 0 saturated carbocycles. The topological polar surface area (TPSA) is 49.6 Å². The van der Waals surface area contributed by atoms with Crippen LogP contribution in [0.15, 0.2) is 125 Å². The molecule has 0 spiro atoms. The first kappa shape index (κ1) is 27.6. The van der Waals surface area contributed by atoms with E-state index in [1.807, 2.05) is 36.4 Å². The highest BCUT2D eigenvalue weighted by atomic mass is 32.2. The van der Waals surface area contributed by atoms with Crippen LogP contribution in [-0.4, -0.2) is 9.97 Å². The molecule has 1 aromatic heterocycles. The minimum Gasteiger partial charge on any atom is -0.228 e. The number of hydrogen-bond acceptors (Lipinski definition) is 4. The van der Waals surface area contributed by atoms with Crippen molar-refractivity contribution in [3.63, 3.8) is 0 Å². The summed E-state index contributed by atoms with van der Waals surface area (Å²) in [6, 6.07) is 42.8. The van der Waals surface area contributed by atoms with Crippen LogP contribution in [0.25, 0.3) is 45.0 Å². The molecule has 216 valence electrons. The summed E-state index contributed by atoms with van der Waals surface area (Å²) in [5.74, 6) is 0.646. The molecule has 2 aliphatic rings. The second-order valence-corrected chi connectivity index (χ2v) is 14.0. The van der Waals surface area contributed by atoms with Crippen molar-refractivity contribution in [1.29, 1.82) is 5.26 Å². The summed E-state index contributed by atoms with van der Waals surface area (Å²) < 4.78 is 0. The molecule has 0 saturated heterocycles. The maximum atomic E-state index is 10.4. The first-order valence-corrected chi connectivity index (χ1v) is 16.1. The second kappa shape index (κ2) is 10.0. The predicted molar refractivity (Wildman–Crippen MR) is 183 cm³/mol. The molecule has 1 aliphatic carbocycles. The molecule has 0 atom stereocenters. The van der Waals surface area contributed by atoms with Crippen LogP contribution < -0.4 is 0 Å². The largest absolute Gasteiger partial charge is 0.228 e. The van der Waals surface area contributed by atoms with Crippen LogP contribution in [0.1, 0.15) is 55.5 Å². The van der Waals surface area contributed by atoms with Crippen LogP contribution in [0, 0.1) is 11.3 Å². The molecular weight excluding hydrogens is 567 g/mol. The summed E-state index contributed by atoms with van der Waals surface area (Å²) in [5.41, 5.74) is 12.5. The Kier molecular flexibility index (Phi) is 6.14. The number of rotatable bonds is 3. The molecule has 0 amide bonds. The molecule has 0 N–H and O–H groups in total. The van der Waals surface area contributed by atoms with Crippen molar-refractivity contribution in [3.05, 3.63) is 143 Å². The van der Waals surface area contributed by atoms with Crippen molar-refractivity contribution in [1.82, 2.24) is 9.97 Å². The number of aromatic nitrogens is 2. The Bertz CT molecular complexity index is 2210. The van der Waals surface area contributed by atoms with Crippen molar-refractivity contribution in [2.45, 2.75) is 48.3 Å². The summed E-state index contributed by atoms with van der Waals surface area (Å²) in [6.45, 7) is 9.14. The van der Waals surface area contributed by atoms with Gasteiger partial charge in [-0.25, -0.2) is 9.97 Å². The highest BCUT2D eigenvalue weighted by Gasteiger charge is 2.37. The van der Waals surface area contributed by atoms with E-state index in [0.717, 1.165) is 33.0 Å². The van der Waals surface area contributed by atoms with E-state index in [9.17, 15) is 5.26 Å². The van der Waals surface area contributed by atoms with Crippen molar-refractivity contribution >= 4 is 11.8 Å². The van der Waals surface area contributed by atoms with Gasteiger partial charge in [-0.2, -0.15) is 5.26 Å². The molecule has 5 aromatic carbocycles. The van der Waals surface area contributed by atoms with Gasteiger partial charge in [0.15, 0.2) is 5.82 Å². The normalized spacial score (nSPS) is 14.9. The average molecular weight is 598 g/mol. The van der Waals surface area contributed by atoms with Gasteiger partial charge in [0.1, 0.15) is 0 Å². The third-order valence-electron chi connectivity index (χ3n) is 9.62. The molecule has 0 radical (unpaired) electrons. The molecule has 4 heteroatoms. The van der Waals surface area contributed by atoms with Gasteiger partial charge in [-0.3, -0.25) is 0 Å². The number of nitrogens with zero attached hydrogens (tertiary/aromatic N) is 3. The first-order chi connectivity index (χ1) is 21.8. The molecule has 6 aromatic rings. The van der Waals surface area contributed by atoms with Gasteiger partial charge in [0.05, 0.1) is 23.0 Å². The minimum atomic E-state index is -0.224. The van der Waals surface area contributed by atoms with E-state index in [-0.39, 0.29) is 10.8 Å². The number of benzene rings is 5. The lowest BCUT2D eigenvalue weighted by Crippen LogP contribution is -2.24. The van der Waals surface area contributed by atoms with E-state index in [1.54, 1.807) is 11.8 Å². The highest BCUT2D eigenvalue weighted by Crippen LogP contribution is 2.53. The van der Waals surface area contributed by atoms with E-state index in [1.165, 1.54) is 38.3 Å². The lowest BCUT2D eigenvalue weighted by atomic mass is 9.76. The van der Waals surface area contributed by atoms with Crippen molar-refractivity contribution < 1.29 is 0 Å². The Balaban J connectivity index is 1.37. The fraction of sp³-hybridized carbons (Fsp3) is 0.146. The molecule has 2 heterocycles. The highest BCUT2D eigenvalue weighted by molar-refractivity contribution is 7.99.